The topological polar surface area (TPSA) is 98.8 Å². The maximum atomic E-state index is 12.5. The Bertz CT molecular complexity index is 3660. The summed E-state index contributed by atoms with van der Waals surface area (Å²) in [5.74, 6) is 1.86. The van der Waals surface area contributed by atoms with Crippen LogP contribution >= 0.6 is 43.6 Å². The third-order valence-electron chi connectivity index (χ3n) is 20.5. The maximum Gasteiger partial charge on any atom is 0.283 e. The van der Waals surface area contributed by atoms with Crippen LogP contribution in [0.2, 0.25) is 0 Å². The SMILES string of the molecule is CCCCCN1/C(=C/C=C/C2=[N+](CCSCC[N+]3=C(/C=C/C=C4/N(CCCCC)c5cc(Br)c([N+](=O)[O-])cc5C45CCCCC5)C(C)(C)c4c3ccc3ccccc43)c3ccc4ccccc4c3C2(C)C)C2(CCCCC2)c2cc([N+](=O)[O-])c(Br)cc21. The van der Waals surface area contributed by atoms with E-state index in [0.29, 0.717) is 8.95 Å². The van der Waals surface area contributed by atoms with Crippen LogP contribution in [0, 0.1) is 20.2 Å². The first kappa shape index (κ1) is 61.1. The van der Waals surface area contributed by atoms with E-state index < -0.39 is 0 Å². The highest BCUT2D eigenvalue weighted by molar-refractivity contribution is 9.11. The molecule has 0 unspecified atom stereocenters. The van der Waals surface area contributed by atoms with Crippen LogP contribution in [-0.4, -0.2) is 68.1 Å². The largest absolute Gasteiger partial charge is 0.344 e. The van der Waals surface area contributed by atoms with E-state index in [-0.39, 0.29) is 42.9 Å². The minimum Gasteiger partial charge on any atom is -0.344 e. The van der Waals surface area contributed by atoms with Gasteiger partial charge in [-0.1, -0.05) is 139 Å². The fourth-order valence-electron chi connectivity index (χ4n) is 16.5. The first-order valence-corrected chi connectivity index (χ1v) is 35.0. The molecule has 0 aromatic heterocycles. The number of nitro groups is 2. The molecule has 2 saturated carbocycles. The highest BCUT2D eigenvalue weighted by Gasteiger charge is 2.52. The van der Waals surface area contributed by atoms with E-state index in [0.717, 1.165) is 150 Å². The minimum atomic E-state index is -0.290. The fraction of sp³-hybridized carbons (Fsp3) is 0.432. The van der Waals surface area contributed by atoms with Crippen molar-refractivity contribution < 1.29 is 19.0 Å². The Kier molecular flexibility index (Phi) is 17.6. The third-order valence-corrected chi connectivity index (χ3v) is 22.7. The van der Waals surface area contributed by atoms with Crippen molar-refractivity contribution in [3.63, 3.8) is 0 Å². The van der Waals surface area contributed by atoms with Crippen LogP contribution in [0.15, 0.2) is 154 Å². The normalized spacial score (nSPS) is 19.8. The van der Waals surface area contributed by atoms with E-state index in [1.54, 1.807) is 0 Å². The summed E-state index contributed by atoms with van der Waals surface area (Å²) in [4.78, 5) is 29.5. The molecule has 0 saturated heterocycles. The molecule has 6 aliphatic rings. The Labute approximate surface area is 535 Å². The highest BCUT2D eigenvalue weighted by Crippen LogP contribution is 2.59. The molecule has 0 bridgehead atoms. The summed E-state index contributed by atoms with van der Waals surface area (Å²) in [7, 11) is 0. The summed E-state index contributed by atoms with van der Waals surface area (Å²) in [5.41, 5.74) is 14.0. The zero-order chi connectivity index (χ0) is 60.8. The van der Waals surface area contributed by atoms with Crippen molar-refractivity contribution in [2.45, 2.75) is 166 Å². The van der Waals surface area contributed by atoms with Gasteiger partial charge in [-0.3, -0.25) is 20.2 Å². The lowest BCUT2D eigenvalue weighted by molar-refractivity contribution is -0.432. The number of thioether (sulfide) groups is 1. The monoisotopic (exact) mass is 1310 g/mol. The highest BCUT2D eigenvalue weighted by atomic mass is 79.9. The average Bonchev–Trinajstić information content (AvgIpc) is 1.75. The molecule has 452 valence electrons. The predicted molar refractivity (Wildman–Crippen MR) is 370 cm³/mol. The van der Waals surface area contributed by atoms with Gasteiger partial charge in [0, 0.05) is 94.2 Å². The van der Waals surface area contributed by atoms with Crippen LogP contribution in [0.3, 0.4) is 0 Å². The van der Waals surface area contributed by atoms with Crippen molar-refractivity contribution in [1.82, 2.24) is 0 Å². The van der Waals surface area contributed by atoms with Crippen LogP contribution < -0.4 is 9.80 Å². The zero-order valence-electron chi connectivity index (χ0n) is 51.7. The number of rotatable bonds is 20. The molecule has 87 heavy (non-hydrogen) atoms. The summed E-state index contributed by atoms with van der Waals surface area (Å²) in [6, 6.07) is 34.8. The lowest BCUT2D eigenvalue weighted by Gasteiger charge is -2.37. The van der Waals surface area contributed by atoms with E-state index in [9.17, 15) is 20.2 Å². The first-order chi connectivity index (χ1) is 42.1. The predicted octanol–water partition coefficient (Wildman–Crippen LogP) is 20.2. The summed E-state index contributed by atoms with van der Waals surface area (Å²) in [6.45, 7) is 17.5. The van der Waals surface area contributed by atoms with Crippen LogP contribution in [0.5, 0.6) is 0 Å². The number of nitrogens with zero attached hydrogens (tertiary/aromatic N) is 6. The number of nitro benzene ring substituents is 2. The Hall–Kier alpha value is -6.15. The van der Waals surface area contributed by atoms with Gasteiger partial charge in [0.1, 0.15) is 0 Å². The first-order valence-electron chi connectivity index (χ1n) is 32.3. The summed E-state index contributed by atoms with van der Waals surface area (Å²) < 4.78 is 6.28. The van der Waals surface area contributed by atoms with Crippen molar-refractivity contribution in [3.8, 4) is 0 Å². The standard InChI is InChI=1S/C74H84Br2N6O4S/c1-7-9-21-41-77-61-49-57(75)63(81(83)84)47-55(61)73(37-17-11-18-38-73)67(77)31-23-29-65-71(3,4)69-53-27-15-13-25-51(53)33-35-59(69)79(65)43-45-87-46-44-80-60-36-34-52-26-14-16-28-54(52)70(60)72(5,6)66(80)30-24-32-68-74(39-19-12-20-40-74)56-48-64(82(85)86)58(76)50-62(56)78(68)42-22-10-8-2/h13-16,23-36,47-50H,7-12,17-22,37-46H2,1-6H3/q+2. The molecule has 0 radical (unpaired) electrons. The Morgan fingerprint density at radius 3 is 1.34 bits per heavy atom. The van der Waals surface area contributed by atoms with Gasteiger partial charge in [0.2, 0.25) is 11.4 Å². The van der Waals surface area contributed by atoms with Crippen molar-refractivity contribution in [1.29, 1.82) is 0 Å². The van der Waals surface area contributed by atoms with Crippen LogP contribution in [-0.2, 0) is 21.7 Å². The number of fused-ring (bicyclic) bond motifs is 10. The molecule has 10 nitrogen and oxygen atoms in total. The molecule has 0 amide bonds. The number of benzene rings is 6. The molecule has 2 fully saturated rings. The third kappa shape index (κ3) is 10.8. The van der Waals surface area contributed by atoms with Crippen molar-refractivity contribution in [3.05, 3.63) is 196 Å². The van der Waals surface area contributed by atoms with E-state index in [1.807, 2.05) is 36.0 Å². The molecule has 0 atom stereocenters. The molecular formula is C74H84Br2N6O4S+2. The fourth-order valence-corrected chi connectivity index (χ4v) is 18.2. The molecule has 4 heterocycles. The molecule has 13 heteroatoms. The van der Waals surface area contributed by atoms with Gasteiger partial charge in [-0.2, -0.15) is 9.15 Å². The van der Waals surface area contributed by atoms with Gasteiger partial charge >= 0.3 is 0 Å². The molecule has 6 aromatic carbocycles. The van der Waals surface area contributed by atoms with Gasteiger partial charge in [0.05, 0.1) is 41.1 Å². The Morgan fingerprint density at radius 1 is 0.552 bits per heavy atom. The second kappa shape index (κ2) is 25.0. The van der Waals surface area contributed by atoms with Gasteiger partial charge < -0.3 is 9.80 Å². The summed E-state index contributed by atoms with van der Waals surface area (Å²) in [6.07, 6.45) is 31.5. The van der Waals surface area contributed by atoms with Crippen LogP contribution in [0.25, 0.3) is 21.5 Å². The van der Waals surface area contributed by atoms with Crippen molar-refractivity contribution >= 4 is 111 Å². The maximum absolute atomic E-state index is 12.5. The van der Waals surface area contributed by atoms with Crippen molar-refractivity contribution in [2.75, 3.05) is 47.5 Å². The molecule has 0 N–H and O–H groups in total. The molecule has 2 aliphatic carbocycles. The van der Waals surface area contributed by atoms with Gasteiger partial charge in [-0.05, 0) is 167 Å². The Balaban J connectivity index is 0.882. The van der Waals surface area contributed by atoms with E-state index >= 15 is 0 Å². The van der Waals surface area contributed by atoms with E-state index in [2.05, 4.69) is 202 Å². The number of unbranched alkanes of at least 4 members (excludes halogenated alkanes) is 4. The van der Waals surface area contributed by atoms with Gasteiger partial charge in [-0.25, -0.2) is 0 Å². The molecule has 4 aliphatic heterocycles. The number of hydrogen-bond donors (Lipinski definition) is 0. The Morgan fingerprint density at radius 2 is 0.954 bits per heavy atom. The smallest absolute Gasteiger partial charge is 0.283 e. The summed E-state index contributed by atoms with van der Waals surface area (Å²) >= 11 is 9.26. The molecule has 6 aromatic rings. The quantitative estimate of drug-likeness (QED) is 0.0325. The lowest BCUT2D eigenvalue weighted by Crippen LogP contribution is -2.33. The number of halogens is 2. The van der Waals surface area contributed by atoms with Crippen molar-refractivity contribution in [2.24, 2.45) is 0 Å². The second-order valence-corrected chi connectivity index (χ2v) is 29.2. The number of allylic oxidation sites excluding steroid dienone is 8. The minimum absolute atomic E-state index is 0.146. The average molecular weight is 1310 g/mol. The van der Waals surface area contributed by atoms with E-state index in [1.165, 1.54) is 79.7 Å². The van der Waals surface area contributed by atoms with Crippen LogP contribution in [0.1, 0.15) is 167 Å². The molecular weight excluding hydrogens is 1230 g/mol. The van der Waals surface area contributed by atoms with Gasteiger partial charge in [0.25, 0.3) is 11.4 Å². The summed E-state index contributed by atoms with van der Waals surface area (Å²) in [5, 5.41) is 30.0. The zero-order valence-corrected chi connectivity index (χ0v) is 55.7. The van der Waals surface area contributed by atoms with Crippen LogP contribution in [0.4, 0.5) is 34.1 Å². The second-order valence-electron chi connectivity index (χ2n) is 26.3. The number of anilines is 2. The van der Waals surface area contributed by atoms with E-state index in [4.69, 9.17) is 0 Å². The number of hydrogen-bond acceptors (Lipinski definition) is 7. The lowest BCUT2D eigenvalue weighted by atomic mass is 9.68. The molecule has 2 spiro atoms. The molecule has 12 rings (SSSR count). The van der Waals surface area contributed by atoms with Gasteiger partial charge in [-0.15, -0.1) is 11.8 Å². The van der Waals surface area contributed by atoms with Gasteiger partial charge in [0.15, 0.2) is 24.5 Å².